The van der Waals surface area contributed by atoms with Gasteiger partial charge in [0.2, 0.25) is 6.10 Å². The quantitative estimate of drug-likeness (QED) is 0.298. The Morgan fingerprint density at radius 1 is 1.03 bits per heavy atom. The minimum absolute atomic E-state index is 0.0309. The molecular weight excluding hydrogens is 472 g/mol. The van der Waals surface area contributed by atoms with E-state index in [1.165, 1.54) is 16.5 Å². The van der Waals surface area contributed by atoms with Crippen LogP contribution in [0.5, 0.6) is 0 Å². The van der Waals surface area contributed by atoms with E-state index in [-0.39, 0.29) is 28.5 Å². The molecule has 0 saturated carbocycles. The van der Waals surface area contributed by atoms with E-state index in [9.17, 15) is 24.6 Å². The highest BCUT2D eigenvalue weighted by atomic mass is 16.6. The lowest BCUT2D eigenvalue weighted by molar-refractivity contribution is -0.150. The molecule has 0 bridgehead atoms. The third-order valence-corrected chi connectivity index (χ3v) is 7.14. The molecule has 198 valence electrons. The number of benzene rings is 2. The first-order chi connectivity index (χ1) is 17.4. The van der Waals surface area contributed by atoms with E-state index in [1.807, 2.05) is 25.1 Å². The Balaban J connectivity index is 2.07. The number of hydrogen-bond donors (Lipinski definition) is 2. The minimum Gasteiger partial charge on any atom is -0.478 e. The molecule has 2 aromatic rings. The predicted molar refractivity (Wildman–Crippen MR) is 143 cm³/mol. The van der Waals surface area contributed by atoms with E-state index in [4.69, 9.17) is 4.84 Å². The number of hydrogen-bond acceptors (Lipinski definition) is 5. The van der Waals surface area contributed by atoms with Crippen molar-refractivity contribution in [2.45, 2.75) is 83.7 Å². The molecule has 1 aliphatic rings. The van der Waals surface area contributed by atoms with E-state index < -0.39 is 23.9 Å². The lowest BCUT2D eigenvalue weighted by Crippen LogP contribution is -2.35. The van der Waals surface area contributed by atoms with Gasteiger partial charge < -0.3 is 15.1 Å². The summed E-state index contributed by atoms with van der Waals surface area (Å²) in [4.78, 5) is 43.4. The zero-order chi connectivity index (χ0) is 27.4. The zero-order valence-electron chi connectivity index (χ0n) is 22.2. The van der Waals surface area contributed by atoms with Gasteiger partial charge in [0, 0.05) is 5.69 Å². The molecule has 0 saturated heterocycles. The van der Waals surface area contributed by atoms with Crippen molar-refractivity contribution in [3.05, 3.63) is 59.2 Å². The number of anilines is 2. The number of unbranched alkanes of at least 4 members (excludes halogenated alkanes) is 1. The number of para-hydroxylation sites is 1. The summed E-state index contributed by atoms with van der Waals surface area (Å²) >= 11 is 0. The second kappa shape index (κ2) is 11.2. The summed E-state index contributed by atoms with van der Waals surface area (Å²) < 4.78 is 0. The third kappa shape index (κ3) is 6.18. The van der Waals surface area contributed by atoms with Crippen molar-refractivity contribution in [1.29, 1.82) is 0 Å². The third-order valence-electron chi connectivity index (χ3n) is 7.14. The van der Waals surface area contributed by atoms with Gasteiger partial charge in [-0.3, -0.25) is 9.69 Å². The maximum absolute atomic E-state index is 13.5. The fraction of sp³-hybridized carbons (Fsp3) is 0.448. The van der Waals surface area contributed by atoms with E-state index in [0.717, 1.165) is 31.0 Å². The van der Waals surface area contributed by atoms with Gasteiger partial charge in [-0.05, 0) is 71.9 Å². The number of rotatable bonds is 10. The van der Waals surface area contributed by atoms with Gasteiger partial charge in [-0.15, -0.1) is 0 Å². The van der Waals surface area contributed by atoms with E-state index in [0.29, 0.717) is 12.1 Å². The molecule has 0 radical (unpaired) electrons. The smallest absolute Gasteiger partial charge is 0.347 e. The van der Waals surface area contributed by atoms with Crippen molar-refractivity contribution in [3.63, 3.8) is 0 Å². The van der Waals surface area contributed by atoms with Gasteiger partial charge in [0.25, 0.3) is 5.91 Å². The topological polar surface area (TPSA) is 117 Å². The van der Waals surface area contributed by atoms with Gasteiger partial charge in [-0.25, -0.2) is 9.59 Å². The van der Waals surface area contributed by atoms with Crippen molar-refractivity contribution in [1.82, 2.24) is 0 Å². The van der Waals surface area contributed by atoms with Crippen molar-refractivity contribution in [2.24, 2.45) is 5.16 Å². The molecule has 8 nitrogen and oxygen atoms in total. The summed E-state index contributed by atoms with van der Waals surface area (Å²) in [5.74, 6) is -2.99. The van der Waals surface area contributed by atoms with Gasteiger partial charge in [0.05, 0.1) is 11.3 Å². The number of carbonyl (C=O) groups is 3. The first-order valence-electron chi connectivity index (χ1n) is 12.6. The number of fused-ring (bicyclic) bond motifs is 1. The average molecular weight is 509 g/mol. The monoisotopic (exact) mass is 508 g/mol. The van der Waals surface area contributed by atoms with E-state index in [1.54, 1.807) is 18.2 Å². The largest absolute Gasteiger partial charge is 0.478 e. The lowest BCUT2D eigenvalue weighted by Gasteiger charge is -2.42. The summed E-state index contributed by atoms with van der Waals surface area (Å²) in [6.45, 7) is 10.7. The first-order valence-corrected chi connectivity index (χ1v) is 12.6. The molecule has 0 aromatic heterocycles. The number of carbonyl (C=O) groups excluding carboxylic acids is 1. The summed E-state index contributed by atoms with van der Waals surface area (Å²) in [6, 6.07) is 12.0. The summed E-state index contributed by atoms with van der Waals surface area (Å²) in [7, 11) is 0. The molecule has 1 atom stereocenters. The highest BCUT2D eigenvalue weighted by Crippen LogP contribution is 2.47. The number of carboxylic acid groups (broad SMARTS) is 2. The van der Waals surface area contributed by atoms with Gasteiger partial charge in [-0.1, -0.05) is 64.4 Å². The van der Waals surface area contributed by atoms with Crippen LogP contribution < -0.4 is 4.90 Å². The van der Waals surface area contributed by atoms with Crippen LogP contribution in [0.25, 0.3) is 0 Å². The number of carboxylic acids is 2. The molecule has 37 heavy (non-hydrogen) atoms. The molecule has 1 amide bonds. The number of aliphatic carboxylic acids is 1. The Labute approximate surface area is 217 Å². The molecule has 0 heterocycles. The van der Waals surface area contributed by atoms with Gasteiger partial charge in [-0.2, -0.15) is 0 Å². The molecule has 8 heteroatoms. The summed E-state index contributed by atoms with van der Waals surface area (Å²) in [5.41, 5.74) is 2.77. The highest BCUT2D eigenvalue weighted by molar-refractivity contribution is 6.35. The Hall–Kier alpha value is -3.68. The Kier molecular flexibility index (Phi) is 8.41. The molecule has 0 fully saturated rings. The van der Waals surface area contributed by atoms with Crippen molar-refractivity contribution >= 4 is 35.4 Å². The average Bonchev–Trinajstić information content (AvgIpc) is 2.84. The number of oxime groups is 1. The molecule has 1 unspecified atom stereocenters. The maximum atomic E-state index is 13.5. The molecule has 1 aliphatic carbocycles. The van der Waals surface area contributed by atoms with Crippen molar-refractivity contribution in [2.75, 3.05) is 4.90 Å². The molecule has 2 aromatic carbocycles. The van der Waals surface area contributed by atoms with Crippen LogP contribution in [0.3, 0.4) is 0 Å². The SMILES string of the molecule is CCCCC(ON=CC(=O)N(c1ccc2c(c1)C(C)(C)CCC2(C)C)c1ccccc1C(=O)O)C(=O)O. The Bertz CT molecular complexity index is 1200. The zero-order valence-corrected chi connectivity index (χ0v) is 22.2. The highest BCUT2D eigenvalue weighted by Gasteiger charge is 2.37. The predicted octanol–water partition coefficient (Wildman–Crippen LogP) is 6.04. The van der Waals surface area contributed by atoms with Gasteiger partial charge in [0.1, 0.15) is 6.21 Å². The number of amides is 1. The standard InChI is InChI=1S/C29H36N2O6/c1-6-7-12-24(27(35)36)37-30-18-25(32)31(23-11-9-8-10-20(23)26(33)34)19-13-14-21-22(17-19)29(4,5)16-15-28(21,2)3/h8-11,13-14,17-18,24H,6-7,12,15-16H2,1-5H3,(H,33,34)(H,35,36). The fourth-order valence-electron chi connectivity index (χ4n) is 4.77. The molecular formula is C29H36N2O6. The van der Waals surface area contributed by atoms with Gasteiger partial charge >= 0.3 is 11.9 Å². The minimum atomic E-state index is -1.17. The van der Waals surface area contributed by atoms with E-state index >= 15 is 0 Å². The normalized spacial score (nSPS) is 16.6. The second-order valence-electron chi connectivity index (χ2n) is 10.8. The first kappa shape index (κ1) is 27.9. The summed E-state index contributed by atoms with van der Waals surface area (Å²) in [6.07, 6.45) is 3.42. The van der Waals surface area contributed by atoms with Crippen LogP contribution >= 0.6 is 0 Å². The van der Waals surface area contributed by atoms with Crippen LogP contribution in [0.15, 0.2) is 47.6 Å². The lowest BCUT2D eigenvalue weighted by atomic mass is 9.63. The van der Waals surface area contributed by atoms with Crippen LogP contribution in [0, 0.1) is 0 Å². The Morgan fingerprint density at radius 3 is 2.30 bits per heavy atom. The van der Waals surface area contributed by atoms with Crippen LogP contribution in [-0.4, -0.2) is 40.4 Å². The number of aromatic carboxylic acids is 1. The van der Waals surface area contributed by atoms with E-state index in [2.05, 4.69) is 32.9 Å². The van der Waals surface area contributed by atoms with Crippen molar-refractivity contribution in [3.8, 4) is 0 Å². The van der Waals surface area contributed by atoms with Crippen LogP contribution in [0.2, 0.25) is 0 Å². The maximum Gasteiger partial charge on any atom is 0.347 e. The molecule has 3 rings (SSSR count). The Morgan fingerprint density at radius 2 is 1.68 bits per heavy atom. The van der Waals surface area contributed by atoms with Crippen molar-refractivity contribution < 1.29 is 29.4 Å². The summed E-state index contributed by atoms with van der Waals surface area (Å²) in [5, 5.41) is 22.9. The van der Waals surface area contributed by atoms with Crippen LogP contribution in [0.4, 0.5) is 11.4 Å². The molecule has 2 N–H and O–H groups in total. The van der Waals surface area contributed by atoms with Crippen LogP contribution in [0.1, 0.15) is 88.2 Å². The van der Waals surface area contributed by atoms with Crippen LogP contribution in [-0.2, 0) is 25.3 Å². The fourth-order valence-corrected chi connectivity index (χ4v) is 4.77. The molecule has 0 spiro atoms. The molecule has 0 aliphatic heterocycles. The number of nitrogens with zero attached hydrogens (tertiary/aromatic N) is 2. The van der Waals surface area contributed by atoms with Gasteiger partial charge in [0.15, 0.2) is 0 Å². The second-order valence-corrected chi connectivity index (χ2v) is 10.8.